The molecule has 3 heterocycles. The molecule has 2 aliphatic rings. The van der Waals surface area contributed by atoms with Gasteiger partial charge in [-0.05, 0) is 40.3 Å². The van der Waals surface area contributed by atoms with Crippen molar-refractivity contribution in [3.8, 4) is 0 Å². The number of likely N-dealkylation sites (N-methyl/N-ethyl adjacent to an activating group) is 1. The summed E-state index contributed by atoms with van der Waals surface area (Å²) in [5, 5.41) is 10.2. The summed E-state index contributed by atoms with van der Waals surface area (Å²) in [4.78, 5) is 19.8. The van der Waals surface area contributed by atoms with E-state index in [0.29, 0.717) is 42.8 Å². The van der Waals surface area contributed by atoms with Crippen LogP contribution in [0.2, 0.25) is 0 Å². The van der Waals surface area contributed by atoms with Crippen LogP contribution in [0.25, 0.3) is 10.9 Å². The van der Waals surface area contributed by atoms with E-state index in [1.54, 1.807) is 6.92 Å². The molecule has 0 aliphatic carbocycles. The third kappa shape index (κ3) is 3.17. The molecule has 3 atom stereocenters. The van der Waals surface area contributed by atoms with Crippen LogP contribution in [-0.2, 0) is 7.05 Å². The zero-order valence-electron chi connectivity index (χ0n) is 18.2. The number of pyridine rings is 1. The molecule has 0 radical (unpaired) electrons. The Labute approximate surface area is 175 Å². The normalized spacial score (nSPS) is 22.9. The minimum Gasteiger partial charge on any atom is -0.393 e. The third-order valence-corrected chi connectivity index (χ3v) is 6.75. The molecule has 0 amide bonds. The molecular weight excluding hydrogens is 390 g/mol. The van der Waals surface area contributed by atoms with Crippen molar-refractivity contribution in [1.29, 1.82) is 0 Å². The third-order valence-electron chi connectivity index (χ3n) is 6.75. The predicted octanol–water partition coefficient (Wildman–Crippen LogP) is 2.22. The fraction of sp³-hybridized carbons (Fsp3) is 0.591. The van der Waals surface area contributed by atoms with Gasteiger partial charge in [0.25, 0.3) is 5.56 Å². The number of anilines is 2. The Morgan fingerprint density at radius 1 is 1.20 bits per heavy atom. The lowest BCUT2D eigenvalue weighted by molar-refractivity contribution is 0.182. The second kappa shape index (κ2) is 7.50. The Kier molecular flexibility index (Phi) is 5.26. The number of halogens is 2. The SMILES string of the molecule is Cc1c(F)cc2c3c(c(=O)n(C)c2c1F)N(CCC(C)O)CC1CN(C)C(C)CN31. The van der Waals surface area contributed by atoms with Gasteiger partial charge in [-0.25, -0.2) is 8.78 Å². The topological polar surface area (TPSA) is 52.0 Å². The highest BCUT2D eigenvalue weighted by Crippen LogP contribution is 2.42. The van der Waals surface area contributed by atoms with Crippen molar-refractivity contribution in [2.45, 2.75) is 45.4 Å². The van der Waals surface area contributed by atoms with Gasteiger partial charge in [0.1, 0.15) is 11.5 Å². The number of aliphatic hydroxyl groups is 1. The number of piperazine rings is 1. The number of aromatic nitrogens is 1. The number of hydrogen-bond donors (Lipinski definition) is 1. The largest absolute Gasteiger partial charge is 0.393 e. The molecule has 1 saturated heterocycles. The summed E-state index contributed by atoms with van der Waals surface area (Å²) in [6.45, 7) is 7.84. The number of aryl methyl sites for hydroxylation is 1. The van der Waals surface area contributed by atoms with Crippen LogP contribution in [0.15, 0.2) is 10.9 Å². The molecular formula is C22H30F2N4O2. The molecule has 8 heteroatoms. The van der Waals surface area contributed by atoms with Gasteiger partial charge >= 0.3 is 0 Å². The second-order valence-electron chi connectivity index (χ2n) is 8.93. The summed E-state index contributed by atoms with van der Waals surface area (Å²) >= 11 is 0. The average molecular weight is 421 g/mol. The number of nitrogens with zero attached hydrogens (tertiary/aromatic N) is 4. The van der Waals surface area contributed by atoms with Gasteiger partial charge in [-0.1, -0.05) is 0 Å². The molecule has 0 spiro atoms. The first kappa shape index (κ1) is 21.1. The highest BCUT2D eigenvalue weighted by molar-refractivity contribution is 6.00. The Balaban J connectivity index is 2.02. The van der Waals surface area contributed by atoms with Gasteiger partial charge < -0.3 is 19.5 Å². The van der Waals surface area contributed by atoms with Crippen LogP contribution in [0.4, 0.5) is 20.2 Å². The molecule has 164 valence electrons. The van der Waals surface area contributed by atoms with Gasteiger partial charge in [0, 0.05) is 50.2 Å². The lowest BCUT2D eigenvalue weighted by Gasteiger charge is -2.51. The first-order chi connectivity index (χ1) is 14.1. The molecule has 2 aliphatic heterocycles. The Morgan fingerprint density at radius 2 is 1.90 bits per heavy atom. The summed E-state index contributed by atoms with van der Waals surface area (Å²) in [6, 6.07) is 1.71. The van der Waals surface area contributed by atoms with Gasteiger partial charge in [0.15, 0.2) is 5.82 Å². The minimum atomic E-state index is -0.688. The molecule has 0 bridgehead atoms. The van der Waals surface area contributed by atoms with E-state index in [-0.39, 0.29) is 28.7 Å². The Hall–Kier alpha value is -2.19. The standard InChI is InChI=1S/C22H30F2N4O2/c1-12-9-28-15(10-25(12)4)11-27(7-6-13(2)29)21-20(28)16-8-17(23)14(3)18(24)19(16)26(5)22(21)30/h8,12-13,15,29H,6-7,9-11H2,1-5H3. The van der Waals surface area contributed by atoms with E-state index >= 15 is 4.39 Å². The van der Waals surface area contributed by atoms with Crippen LogP contribution < -0.4 is 15.4 Å². The zero-order chi connectivity index (χ0) is 21.9. The molecule has 1 aromatic heterocycles. The van der Waals surface area contributed by atoms with E-state index in [1.165, 1.54) is 24.6 Å². The van der Waals surface area contributed by atoms with Gasteiger partial charge in [0.05, 0.1) is 23.3 Å². The van der Waals surface area contributed by atoms with Crippen molar-refractivity contribution >= 4 is 22.3 Å². The number of rotatable bonds is 3. The Bertz CT molecular complexity index is 1050. The van der Waals surface area contributed by atoms with Crippen molar-refractivity contribution in [2.75, 3.05) is 43.0 Å². The van der Waals surface area contributed by atoms with Crippen molar-refractivity contribution in [3.63, 3.8) is 0 Å². The van der Waals surface area contributed by atoms with Gasteiger partial charge in [-0.3, -0.25) is 9.69 Å². The van der Waals surface area contributed by atoms with E-state index in [4.69, 9.17) is 0 Å². The maximum atomic E-state index is 15.1. The van der Waals surface area contributed by atoms with E-state index in [1.807, 2.05) is 4.90 Å². The summed E-state index contributed by atoms with van der Waals surface area (Å²) < 4.78 is 31.0. The van der Waals surface area contributed by atoms with E-state index in [0.717, 1.165) is 6.54 Å². The summed E-state index contributed by atoms with van der Waals surface area (Å²) in [5.74, 6) is -1.30. The lowest BCUT2D eigenvalue weighted by Crippen LogP contribution is -2.63. The van der Waals surface area contributed by atoms with Crippen LogP contribution >= 0.6 is 0 Å². The molecule has 3 unspecified atom stereocenters. The van der Waals surface area contributed by atoms with Crippen molar-refractivity contribution in [1.82, 2.24) is 9.47 Å². The summed E-state index contributed by atoms with van der Waals surface area (Å²) in [5.41, 5.74) is 0.856. The van der Waals surface area contributed by atoms with Gasteiger partial charge in [0.2, 0.25) is 0 Å². The smallest absolute Gasteiger partial charge is 0.276 e. The molecule has 2 aromatic rings. The molecule has 0 saturated carbocycles. The maximum absolute atomic E-state index is 15.1. The number of aliphatic hydroxyl groups excluding tert-OH is 1. The first-order valence-corrected chi connectivity index (χ1v) is 10.5. The Morgan fingerprint density at radius 3 is 2.57 bits per heavy atom. The fourth-order valence-corrected chi connectivity index (χ4v) is 4.78. The fourth-order valence-electron chi connectivity index (χ4n) is 4.78. The number of benzene rings is 1. The average Bonchev–Trinajstić information content (AvgIpc) is 2.68. The second-order valence-corrected chi connectivity index (χ2v) is 8.93. The lowest BCUT2D eigenvalue weighted by atomic mass is 9.98. The first-order valence-electron chi connectivity index (χ1n) is 10.5. The number of fused-ring (bicyclic) bond motifs is 5. The zero-order valence-corrected chi connectivity index (χ0v) is 18.2. The maximum Gasteiger partial charge on any atom is 0.276 e. The molecule has 1 N–H and O–H groups in total. The summed E-state index contributed by atoms with van der Waals surface area (Å²) in [7, 11) is 3.61. The quantitative estimate of drug-likeness (QED) is 0.825. The van der Waals surface area contributed by atoms with Crippen LogP contribution in [-0.4, -0.2) is 66.0 Å². The molecule has 1 fully saturated rings. The minimum absolute atomic E-state index is 0.0810. The van der Waals surface area contributed by atoms with E-state index < -0.39 is 17.7 Å². The number of hydrogen-bond acceptors (Lipinski definition) is 5. The van der Waals surface area contributed by atoms with Gasteiger partial charge in [-0.15, -0.1) is 0 Å². The van der Waals surface area contributed by atoms with Crippen LogP contribution in [0, 0.1) is 18.6 Å². The highest BCUT2D eigenvalue weighted by Gasteiger charge is 2.40. The predicted molar refractivity (Wildman–Crippen MR) is 116 cm³/mol. The van der Waals surface area contributed by atoms with Crippen molar-refractivity contribution in [3.05, 3.63) is 33.6 Å². The monoisotopic (exact) mass is 420 g/mol. The molecule has 6 nitrogen and oxygen atoms in total. The molecule has 30 heavy (non-hydrogen) atoms. The van der Waals surface area contributed by atoms with Crippen LogP contribution in [0.5, 0.6) is 0 Å². The van der Waals surface area contributed by atoms with Crippen LogP contribution in [0.3, 0.4) is 0 Å². The van der Waals surface area contributed by atoms with Gasteiger partial charge in [-0.2, -0.15) is 0 Å². The molecule has 4 rings (SSSR count). The highest BCUT2D eigenvalue weighted by atomic mass is 19.1. The van der Waals surface area contributed by atoms with Crippen molar-refractivity contribution < 1.29 is 13.9 Å². The summed E-state index contributed by atoms with van der Waals surface area (Å²) in [6.07, 6.45) is 0.0123. The van der Waals surface area contributed by atoms with E-state index in [9.17, 15) is 14.3 Å². The van der Waals surface area contributed by atoms with Crippen LogP contribution in [0.1, 0.15) is 25.8 Å². The van der Waals surface area contributed by atoms with E-state index in [2.05, 4.69) is 23.8 Å². The molecule has 1 aromatic carbocycles. The van der Waals surface area contributed by atoms with Crippen molar-refractivity contribution in [2.24, 2.45) is 7.05 Å².